The van der Waals surface area contributed by atoms with E-state index in [1.54, 1.807) is 32.2 Å². The fourth-order valence-electron chi connectivity index (χ4n) is 3.42. The standard InChI is InChI=1S/C19H21ClN6O/c1-11(2)25-15-12(20)7-6-8-13(15)24-10-21-17(16(24)18(25)27)26-14(9-22-23-26)19(3,4)5/h6-11H,1-5H3. The van der Waals surface area contributed by atoms with E-state index < -0.39 is 0 Å². The quantitative estimate of drug-likeness (QED) is 0.527. The van der Waals surface area contributed by atoms with Crippen LogP contribution in [0.5, 0.6) is 0 Å². The van der Waals surface area contributed by atoms with Crippen molar-refractivity contribution in [1.82, 2.24) is 28.9 Å². The van der Waals surface area contributed by atoms with Crippen molar-refractivity contribution in [1.29, 1.82) is 0 Å². The second-order valence-electron chi connectivity index (χ2n) is 7.94. The van der Waals surface area contributed by atoms with E-state index in [1.165, 1.54) is 0 Å². The minimum atomic E-state index is -0.198. The summed E-state index contributed by atoms with van der Waals surface area (Å²) in [6.07, 6.45) is 3.35. The third-order valence-corrected chi connectivity index (χ3v) is 4.98. The molecule has 1 aromatic carbocycles. The molecule has 7 nitrogen and oxygen atoms in total. The van der Waals surface area contributed by atoms with Crippen LogP contribution < -0.4 is 5.56 Å². The number of hydrogen-bond acceptors (Lipinski definition) is 4. The molecule has 0 bridgehead atoms. The number of imidazole rings is 1. The molecule has 0 fully saturated rings. The zero-order valence-electron chi connectivity index (χ0n) is 15.9. The molecule has 0 radical (unpaired) electrons. The van der Waals surface area contributed by atoms with Crippen LogP contribution >= 0.6 is 11.6 Å². The number of para-hydroxylation sites is 1. The van der Waals surface area contributed by atoms with Crippen LogP contribution in [-0.4, -0.2) is 28.9 Å². The predicted molar refractivity (Wildman–Crippen MR) is 106 cm³/mol. The van der Waals surface area contributed by atoms with Gasteiger partial charge in [-0.3, -0.25) is 9.20 Å². The lowest BCUT2D eigenvalue weighted by atomic mass is 9.93. The number of fused-ring (bicyclic) bond motifs is 3. The zero-order valence-corrected chi connectivity index (χ0v) is 16.7. The normalized spacial score (nSPS) is 12.6. The third kappa shape index (κ3) is 2.56. The van der Waals surface area contributed by atoms with Gasteiger partial charge >= 0.3 is 0 Å². The maximum absolute atomic E-state index is 13.5. The molecule has 0 aliphatic carbocycles. The van der Waals surface area contributed by atoms with Crippen molar-refractivity contribution in [3.05, 3.63) is 51.8 Å². The summed E-state index contributed by atoms with van der Waals surface area (Å²) in [4.78, 5) is 18.0. The minimum absolute atomic E-state index is 0.0644. The van der Waals surface area contributed by atoms with E-state index >= 15 is 0 Å². The number of halogens is 1. The Kier molecular flexibility index (Phi) is 3.89. The second-order valence-corrected chi connectivity index (χ2v) is 8.35. The molecule has 0 amide bonds. The van der Waals surface area contributed by atoms with Crippen LogP contribution in [0.4, 0.5) is 0 Å². The van der Waals surface area contributed by atoms with Crippen molar-refractivity contribution in [2.75, 3.05) is 0 Å². The summed E-state index contributed by atoms with van der Waals surface area (Å²) in [5.41, 5.74) is 2.50. The maximum Gasteiger partial charge on any atom is 0.279 e. The van der Waals surface area contributed by atoms with Crippen LogP contribution in [-0.2, 0) is 5.41 Å². The monoisotopic (exact) mass is 384 g/mol. The van der Waals surface area contributed by atoms with Crippen LogP contribution in [0.2, 0.25) is 5.02 Å². The lowest BCUT2D eigenvalue weighted by Crippen LogP contribution is -2.26. The van der Waals surface area contributed by atoms with Gasteiger partial charge in [-0.2, -0.15) is 4.68 Å². The first-order chi connectivity index (χ1) is 12.7. The molecule has 0 N–H and O–H groups in total. The molecular formula is C19H21ClN6O. The van der Waals surface area contributed by atoms with Gasteiger partial charge in [-0.25, -0.2) is 4.98 Å². The molecule has 8 heteroatoms. The van der Waals surface area contributed by atoms with Crippen molar-refractivity contribution in [3.8, 4) is 5.82 Å². The van der Waals surface area contributed by atoms with Crippen LogP contribution in [0.25, 0.3) is 22.4 Å². The van der Waals surface area contributed by atoms with Gasteiger partial charge in [0.1, 0.15) is 6.33 Å². The molecule has 140 valence electrons. The summed E-state index contributed by atoms with van der Waals surface area (Å²) in [7, 11) is 0. The van der Waals surface area contributed by atoms with Gasteiger partial charge in [0, 0.05) is 11.5 Å². The Morgan fingerprint density at radius 2 is 1.89 bits per heavy atom. The molecule has 4 aromatic rings. The van der Waals surface area contributed by atoms with Gasteiger partial charge in [0.2, 0.25) is 0 Å². The van der Waals surface area contributed by atoms with Crippen LogP contribution in [0.15, 0.2) is 35.5 Å². The van der Waals surface area contributed by atoms with E-state index in [9.17, 15) is 4.79 Å². The smallest absolute Gasteiger partial charge is 0.279 e. The lowest BCUT2D eigenvalue weighted by molar-refractivity contribution is 0.540. The molecule has 0 saturated carbocycles. The fourth-order valence-corrected chi connectivity index (χ4v) is 3.68. The molecule has 3 heterocycles. The van der Waals surface area contributed by atoms with E-state index in [0.717, 1.165) is 11.2 Å². The summed E-state index contributed by atoms with van der Waals surface area (Å²) in [6, 6.07) is 5.53. The Hall–Kier alpha value is -2.67. The van der Waals surface area contributed by atoms with E-state index in [4.69, 9.17) is 11.6 Å². The molecule has 0 atom stereocenters. The van der Waals surface area contributed by atoms with Gasteiger partial charge in [-0.15, -0.1) is 5.10 Å². The number of hydrogen-bond donors (Lipinski definition) is 0. The predicted octanol–water partition coefficient (Wildman–Crippen LogP) is 3.76. The Labute approximate surface area is 161 Å². The van der Waals surface area contributed by atoms with Crippen molar-refractivity contribution in [3.63, 3.8) is 0 Å². The van der Waals surface area contributed by atoms with Gasteiger partial charge in [0.05, 0.1) is 27.9 Å². The summed E-state index contributed by atoms with van der Waals surface area (Å²) in [5.74, 6) is 0.471. The highest BCUT2D eigenvalue weighted by atomic mass is 35.5. The van der Waals surface area contributed by atoms with Gasteiger partial charge in [-0.05, 0) is 26.0 Å². The van der Waals surface area contributed by atoms with Crippen molar-refractivity contribution in [2.24, 2.45) is 0 Å². The molecule has 0 aliphatic heterocycles. The Morgan fingerprint density at radius 3 is 2.56 bits per heavy atom. The highest BCUT2D eigenvalue weighted by Crippen LogP contribution is 2.28. The molecule has 3 aromatic heterocycles. The summed E-state index contributed by atoms with van der Waals surface area (Å²) >= 11 is 6.45. The number of aromatic nitrogens is 6. The van der Waals surface area contributed by atoms with E-state index in [-0.39, 0.29) is 17.0 Å². The van der Waals surface area contributed by atoms with Crippen LogP contribution in [0.3, 0.4) is 0 Å². The molecule has 0 spiro atoms. The Morgan fingerprint density at radius 1 is 1.15 bits per heavy atom. The topological polar surface area (TPSA) is 70.0 Å². The van der Waals surface area contributed by atoms with Gasteiger partial charge in [0.15, 0.2) is 11.3 Å². The van der Waals surface area contributed by atoms with Crippen LogP contribution in [0, 0.1) is 0 Å². The van der Waals surface area contributed by atoms with Crippen molar-refractivity contribution >= 4 is 28.2 Å². The van der Waals surface area contributed by atoms with E-state index in [2.05, 4.69) is 36.1 Å². The molecule has 27 heavy (non-hydrogen) atoms. The fraction of sp³-hybridized carbons (Fsp3) is 0.368. The second kappa shape index (κ2) is 5.92. The van der Waals surface area contributed by atoms with E-state index in [1.807, 2.05) is 26.0 Å². The molecular weight excluding hydrogens is 364 g/mol. The van der Waals surface area contributed by atoms with Gasteiger partial charge in [0.25, 0.3) is 5.56 Å². The average Bonchev–Trinajstić information content (AvgIpc) is 3.21. The number of benzene rings is 1. The summed E-state index contributed by atoms with van der Waals surface area (Å²) < 4.78 is 5.15. The highest BCUT2D eigenvalue weighted by Gasteiger charge is 2.25. The first kappa shape index (κ1) is 17.7. The number of rotatable bonds is 2. The lowest BCUT2D eigenvalue weighted by Gasteiger charge is -2.19. The zero-order chi connectivity index (χ0) is 19.5. The van der Waals surface area contributed by atoms with Gasteiger partial charge < -0.3 is 4.57 Å². The van der Waals surface area contributed by atoms with Crippen molar-refractivity contribution < 1.29 is 0 Å². The van der Waals surface area contributed by atoms with Crippen LogP contribution in [0.1, 0.15) is 46.4 Å². The highest BCUT2D eigenvalue weighted by molar-refractivity contribution is 6.35. The van der Waals surface area contributed by atoms with Crippen molar-refractivity contribution in [2.45, 2.75) is 46.1 Å². The molecule has 0 saturated heterocycles. The summed E-state index contributed by atoms with van der Waals surface area (Å²) in [6.45, 7) is 10.1. The first-order valence-electron chi connectivity index (χ1n) is 8.83. The summed E-state index contributed by atoms with van der Waals surface area (Å²) in [5, 5.41) is 8.79. The molecule has 4 rings (SSSR count). The average molecular weight is 385 g/mol. The Balaban J connectivity index is 2.18. The van der Waals surface area contributed by atoms with E-state index in [0.29, 0.717) is 21.9 Å². The maximum atomic E-state index is 13.5. The third-order valence-electron chi connectivity index (χ3n) is 4.67. The minimum Gasteiger partial charge on any atom is -0.301 e. The molecule has 0 unspecified atom stereocenters. The van der Waals surface area contributed by atoms with Gasteiger partial charge in [-0.1, -0.05) is 43.7 Å². The number of nitrogens with zero attached hydrogens (tertiary/aromatic N) is 6. The SMILES string of the molecule is CC(C)n1c(=O)c2c(-n3nncc3C(C)(C)C)ncn2c2cccc(Cl)c21. The largest absolute Gasteiger partial charge is 0.301 e. The Bertz CT molecular complexity index is 1220. The molecule has 0 aliphatic rings. The first-order valence-corrected chi connectivity index (χ1v) is 9.21.